The van der Waals surface area contributed by atoms with Crippen LogP contribution in [0.4, 0.5) is 13.2 Å². The summed E-state index contributed by atoms with van der Waals surface area (Å²) in [6.45, 7) is 7.55. The van der Waals surface area contributed by atoms with Crippen LogP contribution in [0, 0.1) is 11.6 Å². The highest BCUT2D eigenvalue weighted by molar-refractivity contribution is 9.10. The van der Waals surface area contributed by atoms with Gasteiger partial charge in [-0.3, -0.25) is 4.90 Å². The lowest BCUT2D eigenvalue weighted by molar-refractivity contribution is -0.0366. The Balaban J connectivity index is 1.74. The lowest BCUT2D eigenvalue weighted by atomic mass is 9.73. The van der Waals surface area contributed by atoms with Gasteiger partial charge in [-0.2, -0.15) is 5.10 Å². The Labute approximate surface area is 212 Å². The van der Waals surface area contributed by atoms with Crippen molar-refractivity contribution >= 4 is 26.8 Å². The van der Waals surface area contributed by atoms with E-state index >= 15 is 13.2 Å². The fourth-order valence-corrected chi connectivity index (χ4v) is 6.41. The molecule has 0 bridgehead atoms. The fraction of sp³-hybridized carbons (Fsp3) is 0.519. The number of hydrogen-bond acceptors (Lipinski definition) is 3. The lowest BCUT2D eigenvalue weighted by Crippen LogP contribution is -2.57. The number of alkyl halides is 1. The van der Waals surface area contributed by atoms with Crippen molar-refractivity contribution in [2.45, 2.75) is 76.9 Å². The average molecular weight is 550 g/mol. The Morgan fingerprint density at radius 1 is 1.20 bits per heavy atom. The van der Waals surface area contributed by atoms with Crippen LogP contribution in [0.15, 0.2) is 34.9 Å². The summed E-state index contributed by atoms with van der Waals surface area (Å²) < 4.78 is 54.3. The molecule has 4 nitrogen and oxygen atoms in total. The van der Waals surface area contributed by atoms with Crippen molar-refractivity contribution in [3.63, 3.8) is 0 Å². The minimum absolute atomic E-state index is 0.0340. The molecule has 3 heterocycles. The molecule has 8 heteroatoms. The largest absolute Gasteiger partial charge is 0.356 e. The maximum absolute atomic E-state index is 15.5. The van der Waals surface area contributed by atoms with Gasteiger partial charge in [0.1, 0.15) is 17.3 Å². The summed E-state index contributed by atoms with van der Waals surface area (Å²) in [7, 11) is 0. The molecule has 1 fully saturated rings. The molecule has 3 unspecified atom stereocenters. The monoisotopic (exact) mass is 549 g/mol. The number of benzene rings is 2. The zero-order valence-electron chi connectivity index (χ0n) is 20.5. The number of fused-ring (bicyclic) bond motifs is 3. The Bertz CT molecular complexity index is 1240. The molecule has 0 amide bonds. The highest BCUT2D eigenvalue weighted by Gasteiger charge is 2.48. The third kappa shape index (κ3) is 4.21. The van der Waals surface area contributed by atoms with E-state index < -0.39 is 22.8 Å². The van der Waals surface area contributed by atoms with Crippen molar-refractivity contribution in [2.24, 2.45) is 0 Å². The molecule has 188 valence electrons. The number of nitrogens with zero attached hydrogens (tertiary/aromatic N) is 3. The molecule has 0 saturated carbocycles. The van der Waals surface area contributed by atoms with E-state index in [0.29, 0.717) is 17.5 Å². The summed E-state index contributed by atoms with van der Waals surface area (Å²) >= 11 is 3.19. The van der Waals surface area contributed by atoms with Gasteiger partial charge in [-0.15, -0.1) is 0 Å². The first-order chi connectivity index (χ1) is 16.5. The quantitative estimate of drug-likeness (QED) is 0.349. The molecule has 0 aliphatic carbocycles. The third-order valence-electron chi connectivity index (χ3n) is 7.49. The Hall–Kier alpha value is -1.90. The van der Waals surface area contributed by atoms with Gasteiger partial charge in [-0.25, -0.2) is 17.9 Å². The Kier molecular flexibility index (Phi) is 6.29. The van der Waals surface area contributed by atoms with E-state index in [-0.39, 0.29) is 24.4 Å². The first-order valence-corrected chi connectivity index (χ1v) is 13.0. The molecule has 1 aromatic heterocycles. The van der Waals surface area contributed by atoms with Crippen molar-refractivity contribution in [1.82, 2.24) is 14.7 Å². The lowest BCUT2D eigenvalue weighted by Gasteiger charge is -2.51. The van der Waals surface area contributed by atoms with Gasteiger partial charge in [0.05, 0.1) is 17.3 Å². The van der Waals surface area contributed by atoms with Crippen molar-refractivity contribution in [1.29, 1.82) is 0 Å². The molecule has 0 spiro atoms. The molecule has 35 heavy (non-hydrogen) atoms. The first-order valence-electron chi connectivity index (χ1n) is 12.2. The van der Waals surface area contributed by atoms with Crippen LogP contribution < -0.4 is 0 Å². The van der Waals surface area contributed by atoms with Crippen LogP contribution in [-0.2, 0) is 16.7 Å². The van der Waals surface area contributed by atoms with Gasteiger partial charge >= 0.3 is 0 Å². The van der Waals surface area contributed by atoms with E-state index in [2.05, 4.69) is 21.0 Å². The van der Waals surface area contributed by atoms with E-state index in [1.807, 2.05) is 41.8 Å². The highest BCUT2D eigenvalue weighted by Crippen LogP contribution is 2.48. The summed E-state index contributed by atoms with van der Waals surface area (Å²) in [6, 6.07) is 6.28. The molecule has 5 rings (SSSR count). The van der Waals surface area contributed by atoms with Crippen LogP contribution in [-0.4, -0.2) is 39.5 Å². The number of rotatable bonds is 4. The normalized spacial score (nSPS) is 25.7. The van der Waals surface area contributed by atoms with Gasteiger partial charge < -0.3 is 4.74 Å². The standard InChI is InChI=1S/C27H31BrF3N3O/c1-16-11-18-19-14-32-34(24-7-5-6-10-35-24)23(19)9-8-20(18)27(4,33(16)15-26(2,3)31)25-21(29)12-17(28)13-22(25)30/h8-9,12-14,16,24H,5-7,10-11,15H2,1-4H3. The number of aromatic nitrogens is 2. The van der Waals surface area contributed by atoms with E-state index in [1.54, 1.807) is 0 Å². The second kappa shape index (κ2) is 8.89. The third-order valence-corrected chi connectivity index (χ3v) is 7.95. The van der Waals surface area contributed by atoms with E-state index in [4.69, 9.17) is 4.74 Å². The molecule has 2 aromatic carbocycles. The topological polar surface area (TPSA) is 30.3 Å². The second-order valence-electron chi connectivity index (χ2n) is 10.7. The van der Waals surface area contributed by atoms with Crippen LogP contribution in [0.25, 0.3) is 10.9 Å². The van der Waals surface area contributed by atoms with Crippen LogP contribution >= 0.6 is 15.9 Å². The van der Waals surface area contributed by atoms with Gasteiger partial charge in [-0.05, 0) is 82.7 Å². The molecule has 0 N–H and O–H groups in total. The Morgan fingerprint density at radius 3 is 2.54 bits per heavy atom. The van der Waals surface area contributed by atoms with Crippen molar-refractivity contribution in [3.05, 3.63) is 63.3 Å². The first kappa shape index (κ1) is 24.8. The van der Waals surface area contributed by atoms with Crippen LogP contribution in [0.2, 0.25) is 0 Å². The van der Waals surface area contributed by atoms with E-state index in [0.717, 1.165) is 41.3 Å². The van der Waals surface area contributed by atoms with Gasteiger partial charge in [0, 0.05) is 34.6 Å². The molecular formula is C27H31BrF3N3O. The summed E-state index contributed by atoms with van der Waals surface area (Å²) in [5, 5.41) is 5.61. The van der Waals surface area contributed by atoms with Gasteiger partial charge in [0.25, 0.3) is 0 Å². The molecule has 3 aromatic rings. The van der Waals surface area contributed by atoms with Crippen molar-refractivity contribution in [3.8, 4) is 0 Å². The summed E-state index contributed by atoms with van der Waals surface area (Å²) in [4.78, 5) is 1.91. The number of hydrogen-bond donors (Lipinski definition) is 0. The zero-order chi connectivity index (χ0) is 25.1. The van der Waals surface area contributed by atoms with Gasteiger partial charge in [-0.1, -0.05) is 22.0 Å². The molecule has 3 atom stereocenters. The maximum Gasteiger partial charge on any atom is 0.150 e. The number of ether oxygens (including phenoxy) is 1. The summed E-state index contributed by atoms with van der Waals surface area (Å²) in [5.41, 5.74) is -0.127. The number of halogens is 4. The van der Waals surface area contributed by atoms with Crippen LogP contribution in [0.3, 0.4) is 0 Å². The fourth-order valence-electron chi connectivity index (χ4n) is 6.01. The SMILES string of the molecule is CC1Cc2c(ccc3c2cnn3C2CCCCO2)C(C)(c2c(F)cc(Br)cc2F)N1CC(C)(C)F. The van der Waals surface area contributed by atoms with Crippen LogP contribution in [0.5, 0.6) is 0 Å². The van der Waals surface area contributed by atoms with Gasteiger partial charge in [0.15, 0.2) is 6.23 Å². The van der Waals surface area contributed by atoms with E-state index in [1.165, 1.54) is 26.0 Å². The average Bonchev–Trinajstić information content (AvgIpc) is 3.21. The summed E-state index contributed by atoms with van der Waals surface area (Å²) in [5.74, 6) is -1.32. The maximum atomic E-state index is 15.5. The molecular weight excluding hydrogens is 519 g/mol. The molecule has 0 radical (unpaired) electrons. The smallest absolute Gasteiger partial charge is 0.150 e. The Morgan fingerprint density at radius 2 is 1.91 bits per heavy atom. The van der Waals surface area contributed by atoms with Crippen molar-refractivity contribution in [2.75, 3.05) is 13.2 Å². The molecule has 2 aliphatic heterocycles. The minimum Gasteiger partial charge on any atom is -0.356 e. The predicted octanol–water partition coefficient (Wildman–Crippen LogP) is 7.03. The predicted molar refractivity (Wildman–Crippen MR) is 134 cm³/mol. The molecule has 2 aliphatic rings. The highest BCUT2D eigenvalue weighted by atomic mass is 79.9. The van der Waals surface area contributed by atoms with E-state index in [9.17, 15) is 0 Å². The molecule has 1 saturated heterocycles. The van der Waals surface area contributed by atoms with Crippen molar-refractivity contribution < 1.29 is 17.9 Å². The second-order valence-corrected chi connectivity index (χ2v) is 11.6. The minimum atomic E-state index is -1.55. The van der Waals surface area contributed by atoms with Gasteiger partial charge in [0.2, 0.25) is 0 Å². The zero-order valence-corrected chi connectivity index (χ0v) is 22.1. The summed E-state index contributed by atoms with van der Waals surface area (Å²) in [6.07, 6.45) is 5.37. The van der Waals surface area contributed by atoms with Crippen LogP contribution in [0.1, 0.15) is 69.9 Å².